The van der Waals surface area contributed by atoms with Gasteiger partial charge >= 0.3 is 0 Å². The second kappa shape index (κ2) is 4.26. The third-order valence-electron chi connectivity index (χ3n) is 2.42. The summed E-state index contributed by atoms with van der Waals surface area (Å²) in [7, 11) is 0. The van der Waals surface area contributed by atoms with Crippen molar-refractivity contribution in [2.45, 2.75) is 25.7 Å². The minimum absolute atomic E-state index is 0.596. The number of aromatic amines is 1. The highest BCUT2D eigenvalue weighted by Crippen LogP contribution is 2.28. The van der Waals surface area contributed by atoms with Gasteiger partial charge in [0.05, 0.1) is 5.84 Å². The molecule has 0 bridgehead atoms. The highest BCUT2D eigenvalue weighted by Gasteiger charge is 2.24. The van der Waals surface area contributed by atoms with Crippen molar-refractivity contribution in [1.82, 2.24) is 9.97 Å². The van der Waals surface area contributed by atoms with Crippen molar-refractivity contribution < 1.29 is 0 Å². The van der Waals surface area contributed by atoms with E-state index in [2.05, 4.69) is 15.0 Å². The lowest BCUT2D eigenvalue weighted by Gasteiger charge is -1.97. The number of nitrogens with two attached hydrogens (primary N) is 1. The van der Waals surface area contributed by atoms with Gasteiger partial charge in [-0.3, -0.25) is 4.99 Å². The summed E-state index contributed by atoms with van der Waals surface area (Å²) in [6, 6.07) is 0. The Bertz CT molecular complexity index is 298. The summed E-state index contributed by atoms with van der Waals surface area (Å²) in [6.07, 6.45) is 8.05. The zero-order valence-corrected chi connectivity index (χ0v) is 8.24. The molecule has 4 nitrogen and oxygen atoms in total. The first kappa shape index (κ1) is 9.24. The molecule has 1 aliphatic carbocycles. The maximum Gasteiger partial charge on any atom is 0.106 e. The first-order chi connectivity index (χ1) is 6.86. The van der Waals surface area contributed by atoms with E-state index >= 15 is 0 Å². The largest absolute Gasteiger partial charge is 0.387 e. The minimum atomic E-state index is 0.596. The van der Waals surface area contributed by atoms with Crippen LogP contribution in [0.25, 0.3) is 0 Å². The molecule has 0 aliphatic heterocycles. The number of amidine groups is 1. The van der Waals surface area contributed by atoms with Crippen molar-refractivity contribution in [2.75, 3.05) is 6.54 Å². The van der Waals surface area contributed by atoms with Crippen molar-refractivity contribution >= 4 is 5.84 Å². The van der Waals surface area contributed by atoms with Gasteiger partial charge in [-0.15, -0.1) is 0 Å². The van der Waals surface area contributed by atoms with Crippen molar-refractivity contribution in [3.63, 3.8) is 0 Å². The number of hydrogen-bond acceptors (Lipinski definition) is 2. The first-order valence-electron chi connectivity index (χ1n) is 5.14. The summed E-state index contributed by atoms with van der Waals surface area (Å²) < 4.78 is 0. The monoisotopic (exact) mass is 192 g/mol. The topological polar surface area (TPSA) is 67.1 Å². The van der Waals surface area contributed by atoms with Crippen LogP contribution in [0, 0.1) is 5.92 Å². The fourth-order valence-electron chi connectivity index (χ4n) is 1.40. The van der Waals surface area contributed by atoms with E-state index in [1.165, 1.54) is 12.8 Å². The fraction of sp³-hybridized carbons (Fsp3) is 0.600. The Labute approximate surface area is 83.6 Å². The van der Waals surface area contributed by atoms with E-state index in [0.29, 0.717) is 5.92 Å². The third-order valence-corrected chi connectivity index (χ3v) is 2.42. The molecular formula is C10H16N4. The van der Waals surface area contributed by atoms with Gasteiger partial charge in [0, 0.05) is 31.3 Å². The number of aromatic nitrogens is 2. The van der Waals surface area contributed by atoms with E-state index < -0.39 is 0 Å². The smallest absolute Gasteiger partial charge is 0.106 e. The summed E-state index contributed by atoms with van der Waals surface area (Å²) in [5, 5.41) is 0. The van der Waals surface area contributed by atoms with Crippen molar-refractivity contribution in [2.24, 2.45) is 16.6 Å². The van der Waals surface area contributed by atoms with Crippen LogP contribution < -0.4 is 5.73 Å². The molecule has 1 saturated carbocycles. The van der Waals surface area contributed by atoms with Crippen LogP contribution in [0.1, 0.15) is 25.1 Å². The van der Waals surface area contributed by atoms with E-state index in [1.54, 1.807) is 6.20 Å². The normalized spacial score (nSPS) is 17.3. The number of nitrogens with one attached hydrogen (secondary N) is 1. The molecule has 4 heteroatoms. The molecule has 76 valence electrons. The summed E-state index contributed by atoms with van der Waals surface area (Å²) in [4.78, 5) is 11.6. The van der Waals surface area contributed by atoms with Crippen LogP contribution in [0.2, 0.25) is 0 Å². The molecule has 1 aromatic heterocycles. The van der Waals surface area contributed by atoms with Gasteiger partial charge in [-0.1, -0.05) is 0 Å². The zero-order chi connectivity index (χ0) is 9.80. The van der Waals surface area contributed by atoms with Gasteiger partial charge in [-0.25, -0.2) is 4.98 Å². The van der Waals surface area contributed by atoms with Crippen LogP contribution in [0.15, 0.2) is 17.4 Å². The Kier molecular flexibility index (Phi) is 2.81. The van der Waals surface area contributed by atoms with Gasteiger partial charge in [-0.2, -0.15) is 0 Å². The molecule has 2 rings (SSSR count). The van der Waals surface area contributed by atoms with E-state index in [-0.39, 0.29) is 0 Å². The Morgan fingerprint density at radius 3 is 3.14 bits per heavy atom. The first-order valence-corrected chi connectivity index (χ1v) is 5.14. The van der Waals surface area contributed by atoms with Crippen LogP contribution in [0.4, 0.5) is 0 Å². The number of hydrogen-bond donors (Lipinski definition) is 2. The van der Waals surface area contributed by atoms with Crippen LogP contribution in [0.3, 0.4) is 0 Å². The van der Waals surface area contributed by atoms with E-state index in [4.69, 9.17) is 5.73 Å². The maximum atomic E-state index is 5.76. The number of H-pyrrole nitrogens is 1. The summed E-state index contributed by atoms with van der Waals surface area (Å²) in [5.41, 5.74) is 5.76. The van der Waals surface area contributed by atoms with Crippen LogP contribution >= 0.6 is 0 Å². The second-order valence-electron chi connectivity index (χ2n) is 3.72. The van der Waals surface area contributed by atoms with E-state index in [9.17, 15) is 0 Å². The van der Waals surface area contributed by atoms with Crippen molar-refractivity contribution in [3.05, 3.63) is 18.2 Å². The molecule has 1 aromatic rings. The van der Waals surface area contributed by atoms with Gasteiger partial charge in [-0.05, 0) is 19.3 Å². The van der Waals surface area contributed by atoms with E-state index in [1.807, 2.05) is 6.20 Å². The molecule has 0 saturated heterocycles. The summed E-state index contributed by atoms with van der Waals surface area (Å²) >= 11 is 0. The van der Waals surface area contributed by atoms with Crippen LogP contribution in [-0.2, 0) is 6.42 Å². The predicted octanol–water partition coefficient (Wildman–Crippen LogP) is 1.11. The average molecular weight is 192 g/mol. The Morgan fingerprint density at radius 1 is 1.64 bits per heavy atom. The van der Waals surface area contributed by atoms with Crippen LogP contribution in [0.5, 0.6) is 0 Å². The third kappa shape index (κ3) is 2.58. The highest BCUT2D eigenvalue weighted by molar-refractivity contribution is 5.84. The summed E-state index contributed by atoms with van der Waals surface area (Å²) in [6.45, 7) is 0.822. The van der Waals surface area contributed by atoms with Gasteiger partial charge in [0.1, 0.15) is 5.82 Å². The molecule has 0 amide bonds. The number of imidazole rings is 1. The second-order valence-corrected chi connectivity index (χ2v) is 3.72. The molecule has 14 heavy (non-hydrogen) atoms. The molecule has 0 atom stereocenters. The lowest BCUT2D eigenvalue weighted by atomic mass is 10.3. The number of rotatable bonds is 5. The lowest BCUT2D eigenvalue weighted by molar-refractivity contribution is 0.790. The molecule has 0 spiro atoms. The fourth-order valence-corrected chi connectivity index (χ4v) is 1.40. The van der Waals surface area contributed by atoms with Gasteiger partial charge in [0.15, 0.2) is 0 Å². The number of nitrogens with zero attached hydrogens (tertiary/aromatic N) is 2. The lowest BCUT2D eigenvalue weighted by Crippen LogP contribution is -2.14. The number of aliphatic imine (C=N–C) groups is 1. The van der Waals surface area contributed by atoms with E-state index in [0.717, 1.165) is 31.0 Å². The van der Waals surface area contributed by atoms with Crippen molar-refractivity contribution in [3.8, 4) is 0 Å². The Balaban J connectivity index is 1.65. The molecule has 1 heterocycles. The predicted molar refractivity (Wildman–Crippen MR) is 56.1 cm³/mol. The molecule has 0 aromatic carbocycles. The maximum absolute atomic E-state index is 5.76. The molecule has 0 unspecified atom stereocenters. The Morgan fingerprint density at radius 2 is 2.50 bits per heavy atom. The quantitative estimate of drug-likeness (QED) is 0.417. The molecule has 0 radical (unpaired) electrons. The minimum Gasteiger partial charge on any atom is -0.387 e. The highest BCUT2D eigenvalue weighted by atomic mass is 14.9. The molecule has 1 fully saturated rings. The average Bonchev–Trinajstić information content (AvgIpc) is 2.92. The zero-order valence-electron chi connectivity index (χ0n) is 8.24. The van der Waals surface area contributed by atoms with Crippen LogP contribution in [-0.4, -0.2) is 22.3 Å². The molecular weight excluding hydrogens is 176 g/mol. The standard InChI is InChI=1S/C10H16N4/c11-10(8-3-4-8)14-5-1-2-9-12-6-7-13-9/h6-8H,1-5H2,(H2,11,14)(H,12,13). The summed E-state index contributed by atoms with van der Waals surface area (Å²) in [5.74, 6) is 2.48. The van der Waals surface area contributed by atoms with Gasteiger partial charge in [0.25, 0.3) is 0 Å². The van der Waals surface area contributed by atoms with Gasteiger partial charge in [0.2, 0.25) is 0 Å². The van der Waals surface area contributed by atoms with Gasteiger partial charge < -0.3 is 10.7 Å². The Hall–Kier alpha value is -1.32. The molecule has 1 aliphatic rings. The number of aryl methyl sites for hydroxylation is 1. The SMILES string of the molecule is NC(=NCCCc1ncc[nH]1)C1CC1. The van der Waals surface area contributed by atoms with Crippen molar-refractivity contribution in [1.29, 1.82) is 0 Å². The molecule has 3 N–H and O–H groups in total.